The molecule has 1 aliphatic heterocycles. The Bertz CT molecular complexity index is 966. The van der Waals surface area contributed by atoms with E-state index in [1.165, 1.54) is 30.5 Å². The van der Waals surface area contributed by atoms with Gasteiger partial charge in [0.25, 0.3) is 5.91 Å². The van der Waals surface area contributed by atoms with Crippen molar-refractivity contribution in [1.29, 1.82) is 0 Å². The van der Waals surface area contributed by atoms with Gasteiger partial charge >= 0.3 is 0 Å². The molecule has 1 aliphatic rings. The lowest BCUT2D eigenvalue weighted by Crippen LogP contribution is -2.33. The Morgan fingerprint density at radius 2 is 2.00 bits per heavy atom. The number of aliphatic hydroxyl groups is 1. The van der Waals surface area contributed by atoms with Crippen molar-refractivity contribution in [3.05, 3.63) is 57.5 Å². The Kier molecular flexibility index (Phi) is 7.35. The highest BCUT2D eigenvalue weighted by molar-refractivity contribution is 7.12. The summed E-state index contributed by atoms with van der Waals surface area (Å²) in [6.07, 6.45) is 0.631. The minimum Gasteiger partial charge on any atom is -0.503 e. The summed E-state index contributed by atoms with van der Waals surface area (Å²) in [5, 5.41) is 12.5. The number of ether oxygens (including phenoxy) is 3. The summed E-state index contributed by atoms with van der Waals surface area (Å²) in [6.45, 7) is 4.65. The molecule has 1 N–H and O–H groups in total. The first-order valence-corrected chi connectivity index (χ1v) is 10.9. The van der Waals surface area contributed by atoms with Crippen LogP contribution in [0.4, 0.5) is 0 Å². The van der Waals surface area contributed by atoms with Crippen LogP contribution in [0.2, 0.25) is 0 Å². The maximum absolute atomic E-state index is 13.3. The van der Waals surface area contributed by atoms with Gasteiger partial charge in [0.05, 0.1) is 36.8 Å². The van der Waals surface area contributed by atoms with Crippen LogP contribution in [0.5, 0.6) is 11.5 Å². The Balaban J connectivity index is 2.05. The van der Waals surface area contributed by atoms with Gasteiger partial charge in [-0.05, 0) is 49.9 Å². The molecule has 3 rings (SSSR count). The third kappa shape index (κ3) is 4.75. The highest BCUT2D eigenvalue weighted by Gasteiger charge is 2.45. The molecule has 31 heavy (non-hydrogen) atoms. The number of rotatable bonds is 10. The molecule has 2 heterocycles. The van der Waals surface area contributed by atoms with Gasteiger partial charge in [-0.1, -0.05) is 6.07 Å². The first kappa shape index (κ1) is 22.8. The lowest BCUT2D eigenvalue weighted by molar-refractivity contribution is -0.129. The van der Waals surface area contributed by atoms with Gasteiger partial charge in [-0.3, -0.25) is 9.59 Å². The molecule has 0 bridgehead atoms. The minimum absolute atomic E-state index is 0.0452. The molecular formula is C23H27NO6S. The van der Waals surface area contributed by atoms with Gasteiger partial charge in [0.1, 0.15) is 11.5 Å². The summed E-state index contributed by atoms with van der Waals surface area (Å²) >= 11 is 1.26. The van der Waals surface area contributed by atoms with Gasteiger partial charge in [-0.2, -0.15) is 0 Å². The van der Waals surface area contributed by atoms with Crippen LogP contribution in [0.25, 0.3) is 0 Å². The van der Waals surface area contributed by atoms with Crippen LogP contribution < -0.4 is 9.47 Å². The lowest BCUT2D eigenvalue weighted by Gasteiger charge is -2.28. The molecule has 0 spiro atoms. The van der Waals surface area contributed by atoms with Crippen molar-refractivity contribution >= 4 is 23.0 Å². The number of hydrogen-bond donors (Lipinski definition) is 1. The number of carbonyl (C=O) groups is 2. The second-order valence-electron chi connectivity index (χ2n) is 7.35. The highest BCUT2D eigenvalue weighted by atomic mass is 32.1. The molecule has 166 valence electrons. The number of amides is 1. The average Bonchev–Trinajstić information content (AvgIpc) is 3.38. The Morgan fingerprint density at radius 3 is 2.61 bits per heavy atom. The van der Waals surface area contributed by atoms with Crippen LogP contribution in [0.15, 0.2) is 47.0 Å². The smallest absolute Gasteiger partial charge is 0.290 e. The largest absolute Gasteiger partial charge is 0.503 e. The summed E-state index contributed by atoms with van der Waals surface area (Å²) in [4.78, 5) is 28.2. The second-order valence-corrected chi connectivity index (χ2v) is 8.30. The summed E-state index contributed by atoms with van der Waals surface area (Å²) in [7, 11) is 3.06. The van der Waals surface area contributed by atoms with Gasteiger partial charge in [0.2, 0.25) is 5.78 Å². The molecule has 1 aromatic carbocycles. The molecule has 0 unspecified atom stereocenters. The van der Waals surface area contributed by atoms with Crippen molar-refractivity contribution in [2.45, 2.75) is 32.4 Å². The number of Topliss-reactive ketones (excluding diaryl/α,β-unsaturated/α-hetero) is 1. The highest BCUT2D eigenvalue weighted by Crippen LogP contribution is 2.43. The molecule has 1 amide bonds. The molecule has 7 nitrogen and oxygen atoms in total. The van der Waals surface area contributed by atoms with Crippen molar-refractivity contribution in [3.8, 4) is 11.5 Å². The Hall–Kier alpha value is -2.84. The number of thiophene rings is 1. The summed E-state index contributed by atoms with van der Waals surface area (Å²) in [6, 6.07) is 7.83. The minimum atomic E-state index is -0.800. The molecule has 1 aromatic heterocycles. The summed E-state index contributed by atoms with van der Waals surface area (Å²) in [5.74, 6) is -0.442. The van der Waals surface area contributed by atoms with Crippen molar-refractivity contribution in [2.24, 2.45) is 0 Å². The van der Waals surface area contributed by atoms with E-state index >= 15 is 0 Å². The third-order valence-corrected chi connectivity index (χ3v) is 5.89. The van der Waals surface area contributed by atoms with Crippen LogP contribution in [-0.2, 0) is 9.53 Å². The molecule has 8 heteroatoms. The number of methoxy groups -OCH3 is 2. The van der Waals surface area contributed by atoms with E-state index in [1.807, 2.05) is 13.8 Å². The summed E-state index contributed by atoms with van der Waals surface area (Å²) < 4.78 is 16.5. The summed E-state index contributed by atoms with van der Waals surface area (Å²) in [5.41, 5.74) is 0.618. The number of hydrogen-bond acceptors (Lipinski definition) is 7. The van der Waals surface area contributed by atoms with E-state index in [-0.39, 0.29) is 17.5 Å². The van der Waals surface area contributed by atoms with Crippen molar-refractivity contribution in [1.82, 2.24) is 4.90 Å². The Labute approximate surface area is 185 Å². The number of benzene rings is 1. The number of carbonyl (C=O) groups excluding carboxylic acids is 2. The van der Waals surface area contributed by atoms with Crippen molar-refractivity contribution < 1.29 is 28.9 Å². The van der Waals surface area contributed by atoms with Crippen molar-refractivity contribution in [3.63, 3.8) is 0 Å². The van der Waals surface area contributed by atoms with Crippen LogP contribution in [-0.4, -0.2) is 55.2 Å². The van der Waals surface area contributed by atoms with Crippen LogP contribution in [0.3, 0.4) is 0 Å². The van der Waals surface area contributed by atoms with Gasteiger partial charge in [0.15, 0.2) is 5.76 Å². The molecule has 0 aliphatic carbocycles. The Morgan fingerprint density at radius 1 is 1.23 bits per heavy atom. The molecular weight excluding hydrogens is 418 g/mol. The fourth-order valence-electron chi connectivity index (χ4n) is 3.59. The van der Waals surface area contributed by atoms with Gasteiger partial charge in [-0.25, -0.2) is 0 Å². The second kappa shape index (κ2) is 9.98. The zero-order chi connectivity index (χ0) is 22.5. The molecule has 0 radical (unpaired) electrons. The zero-order valence-electron chi connectivity index (χ0n) is 18.1. The quantitative estimate of drug-likeness (QED) is 0.437. The topological polar surface area (TPSA) is 85.3 Å². The third-order valence-electron chi connectivity index (χ3n) is 5.02. The zero-order valence-corrected chi connectivity index (χ0v) is 18.9. The normalized spacial score (nSPS) is 16.4. The predicted molar refractivity (Wildman–Crippen MR) is 118 cm³/mol. The molecule has 2 aromatic rings. The van der Waals surface area contributed by atoms with Crippen LogP contribution >= 0.6 is 11.3 Å². The van der Waals surface area contributed by atoms with Crippen LogP contribution in [0.1, 0.15) is 41.5 Å². The van der Waals surface area contributed by atoms with E-state index in [0.717, 1.165) is 0 Å². The molecule has 0 saturated carbocycles. The average molecular weight is 446 g/mol. The van der Waals surface area contributed by atoms with E-state index in [0.29, 0.717) is 41.5 Å². The van der Waals surface area contributed by atoms with Gasteiger partial charge in [-0.15, -0.1) is 11.3 Å². The molecule has 0 saturated heterocycles. The number of ketones is 1. The monoisotopic (exact) mass is 445 g/mol. The van der Waals surface area contributed by atoms with E-state index in [1.54, 1.807) is 35.7 Å². The van der Waals surface area contributed by atoms with Crippen LogP contribution in [0, 0.1) is 0 Å². The lowest BCUT2D eigenvalue weighted by atomic mass is 9.94. The number of aliphatic hydroxyl groups excluding tert-OH is 1. The standard InChI is InChI=1S/C23H27NO6S/c1-14(2)30-11-6-10-24-20(16-13-15(28-3)8-9-17(16)29-4)19(22(26)23(24)27)21(25)18-7-5-12-31-18/h5,7-9,12-14,20,26H,6,10-11H2,1-4H3/t20-/m1/s1. The fourth-order valence-corrected chi connectivity index (χ4v) is 4.26. The SMILES string of the molecule is COc1ccc(OC)c([C@@H]2C(C(=O)c3cccs3)=C(O)C(=O)N2CCCOC(C)C)c1. The van der Waals surface area contributed by atoms with E-state index in [2.05, 4.69) is 0 Å². The van der Waals surface area contributed by atoms with Gasteiger partial charge < -0.3 is 24.2 Å². The van der Waals surface area contributed by atoms with Crippen molar-refractivity contribution in [2.75, 3.05) is 27.4 Å². The maximum atomic E-state index is 13.3. The fraction of sp³-hybridized carbons (Fsp3) is 0.391. The predicted octanol–water partition coefficient (Wildman–Crippen LogP) is 4.16. The van der Waals surface area contributed by atoms with E-state index < -0.39 is 17.7 Å². The first-order chi connectivity index (χ1) is 14.9. The maximum Gasteiger partial charge on any atom is 0.290 e. The number of nitrogens with zero attached hydrogens (tertiary/aromatic N) is 1. The van der Waals surface area contributed by atoms with Gasteiger partial charge in [0, 0.05) is 18.7 Å². The van der Waals surface area contributed by atoms with E-state index in [4.69, 9.17) is 14.2 Å². The van der Waals surface area contributed by atoms with E-state index in [9.17, 15) is 14.7 Å². The first-order valence-electron chi connectivity index (χ1n) is 10.0. The molecule has 0 fully saturated rings. The molecule has 1 atom stereocenters.